The minimum atomic E-state index is 1.11. The fraction of sp³-hybridized carbons (Fsp3) is 0. The number of thiophene rings is 1. The van der Waals surface area contributed by atoms with Gasteiger partial charge in [0.15, 0.2) is 0 Å². The molecule has 0 spiro atoms. The number of hydrogen-bond donors (Lipinski definition) is 0. The van der Waals surface area contributed by atoms with Crippen LogP contribution in [0.2, 0.25) is 0 Å². The van der Waals surface area contributed by atoms with Crippen molar-refractivity contribution in [3.05, 3.63) is 206 Å². The Morgan fingerprint density at radius 1 is 0.364 bits per heavy atom. The van der Waals surface area contributed by atoms with E-state index in [1.807, 2.05) is 11.3 Å². The lowest BCUT2D eigenvalue weighted by molar-refractivity contribution is 1.18. The Morgan fingerprint density at radius 2 is 1.00 bits per heavy atom. The number of fused-ring (bicyclic) bond motifs is 7. The van der Waals surface area contributed by atoms with Gasteiger partial charge in [0.1, 0.15) is 0 Å². The molecule has 2 aromatic heterocycles. The highest BCUT2D eigenvalue weighted by Gasteiger charge is 2.20. The lowest BCUT2D eigenvalue weighted by atomic mass is 9.96. The van der Waals surface area contributed by atoms with E-state index in [1.165, 1.54) is 80.7 Å². The Bertz CT molecular complexity index is 3200. The van der Waals surface area contributed by atoms with Crippen LogP contribution in [0.25, 0.3) is 80.7 Å². The summed E-state index contributed by atoms with van der Waals surface area (Å²) >= 11 is 1.86. The van der Waals surface area contributed by atoms with Gasteiger partial charge in [0.2, 0.25) is 0 Å². The third kappa shape index (κ3) is 5.24. The Morgan fingerprint density at radius 3 is 1.89 bits per heavy atom. The first-order valence-electron chi connectivity index (χ1n) is 18.8. The molecule has 11 rings (SSSR count). The number of hydrogen-bond acceptors (Lipinski definition) is 2. The molecule has 0 atom stereocenters. The maximum absolute atomic E-state index is 2.43. The van der Waals surface area contributed by atoms with Crippen LogP contribution >= 0.6 is 11.3 Å². The average molecular weight is 719 g/mol. The van der Waals surface area contributed by atoms with Crippen LogP contribution in [0.3, 0.4) is 0 Å². The standard InChI is InChI=1S/C52H34N2S/c1-2-15-38(16-3-1)54-49-23-10-7-19-44(49)47-33-37(27-32-50(47)54)35-25-28-39(29-26-35)53(40-30-31-46-45-20-8-11-24-51(45)55-52(46)34-40)48-22-9-6-18-43(48)42-21-12-14-36-13-4-5-17-41(36)42/h1-34H. The molecule has 0 amide bonds. The first kappa shape index (κ1) is 31.6. The van der Waals surface area contributed by atoms with Crippen LogP contribution in [-0.4, -0.2) is 4.57 Å². The van der Waals surface area contributed by atoms with Gasteiger partial charge >= 0.3 is 0 Å². The Labute approximate surface area is 323 Å². The van der Waals surface area contributed by atoms with E-state index in [0.717, 1.165) is 17.1 Å². The van der Waals surface area contributed by atoms with E-state index in [-0.39, 0.29) is 0 Å². The molecule has 11 aromatic rings. The summed E-state index contributed by atoms with van der Waals surface area (Å²) in [6.45, 7) is 0. The predicted octanol–water partition coefficient (Wildman–Crippen LogP) is 15.1. The molecule has 3 heteroatoms. The van der Waals surface area contributed by atoms with Crippen molar-refractivity contribution in [1.29, 1.82) is 0 Å². The van der Waals surface area contributed by atoms with Crippen molar-refractivity contribution < 1.29 is 0 Å². The second-order valence-corrected chi connectivity index (χ2v) is 15.2. The normalized spacial score (nSPS) is 11.6. The zero-order valence-electron chi connectivity index (χ0n) is 29.9. The van der Waals surface area contributed by atoms with Crippen LogP contribution in [0.1, 0.15) is 0 Å². The summed E-state index contributed by atoms with van der Waals surface area (Å²) < 4.78 is 4.97. The number of anilines is 3. The number of rotatable bonds is 6. The number of para-hydroxylation sites is 3. The second kappa shape index (κ2) is 12.9. The zero-order valence-corrected chi connectivity index (χ0v) is 30.7. The van der Waals surface area contributed by atoms with Crippen LogP contribution < -0.4 is 4.90 Å². The lowest BCUT2D eigenvalue weighted by Crippen LogP contribution is -2.11. The molecule has 0 bridgehead atoms. The van der Waals surface area contributed by atoms with E-state index in [9.17, 15) is 0 Å². The van der Waals surface area contributed by atoms with Gasteiger partial charge in [-0.05, 0) is 94.2 Å². The molecule has 258 valence electrons. The molecular weight excluding hydrogens is 685 g/mol. The predicted molar refractivity (Wildman–Crippen MR) is 237 cm³/mol. The van der Waals surface area contributed by atoms with Crippen molar-refractivity contribution in [2.45, 2.75) is 0 Å². The van der Waals surface area contributed by atoms with Crippen molar-refractivity contribution in [3.8, 4) is 27.9 Å². The molecule has 0 aliphatic rings. The Hall–Kier alpha value is -6.94. The highest BCUT2D eigenvalue weighted by atomic mass is 32.1. The summed E-state index contributed by atoms with van der Waals surface area (Å²) in [5, 5.41) is 7.60. The molecule has 55 heavy (non-hydrogen) atoms. The van der Waals surface area contributed by atoms with Crippen LogP contribution in [0, 0.1) is 0 Å². The van der Waals surface area contributed by atoms with Gasteiger partial charge in [-0.1, -0.05) is 140 Å². The summed E-state index contributed by atoms with van der Waals surface area (Å²) in [5.41, 5.74) is 11.8. The first-order chi connectivity index (χ1) is 27.3. The van der Waals surface area contributed by atoms with Gasteiger partial charge in [-0.15, -0.1) is 11.3 Å². The molecule has 0 N–H and O–H groups in total. The first-order valence-corrected chi connectivity index (χ1v) is 19.6. The third-order valence-electron chi connectivity index (χ3n) is 11.0. The largest absolute Gasteiger partial charge is 0.310 e. The number of benzene rings is 9. The lowest BCUT2D eigenvalue weighted by Gasteiger charge is -2.28. The minimum Gasteiger partial charge on any atom is -0.310 e. The quantitative estimate of drug-likeness (QED) is 0.166. The van der Waals surface area contributed by atoms with Gasteiger partial charge < -0.3 is 9.47 Å². The maximum atomic E-state index is 2.43. The van der Waals surface area contributed by atoms with E-state index in [4.69, 9.17) is 0 Å². The molecule has 9 aromatic carbocycles. The van der Waals surface area contributed by atoms with E-state index < -0.39 is 0 Å². The van der Waals surface area contributed by atoms with Crippen LogP contribution in [-0.2, 0) is 0 Å². The van der Waals surface area contributed by atoms with Gasteiger partial charge in [0.05, 0.1) is 16.7 Å². The van der Waals surface area contributed by atoms with E-state index in [0.29, 0.717) is 0 Å². The van der Waals surface area contributed by atoms with E-state index >= 15 is 0 Å². The topological polar surface area (TPSA) is 8.17 Å². The molecule has 0 aliphatic carbocycles. The number of aromatic nitrogens is 1. The zero-order chi connectivity index (χ0) is 36.3. The summed E-state index contributed by atoms with van der Waals surface area (Å²) in [5.74, 6) is 0. The Kier molecular flexibility index (Phi) is 7.39. The average Bonchev–Trinajstić information content (AvgIpc) is 3.79. The summed E-state index contributed by atoms with van der Waals surface area (Å²) in [6, 6.07) is 75.2. The summed E-state index contributed by atoms with van der Waals surface area (Å²) in [7, 11) is 0. The van der Waals surface area contributed by atoms with Gasteiger partial charge in [-0.25, -0.2) is 0 Å². The van der Waals surface area contributed by atoms with Crippen molar-refractivity contribution >= 4 is 81.1 Å². The smallest absolute Gasteiger partial charge is 0.0541 e. The molecule has 0 fully saturated rings. The van der Waals surface area contributed by atoms with Gasteiger partial charge in [-0.3, -0.25) is 0 Å². The van der Waals surface area contributed by atoms with Gasteiger partial charge in [-0.2, -0.15) is 0 Å². The van der Waals surface area contributed by atoms with Crippen molar-refractivity contribution in [2.75, 3.05) is 4.90 Å². The SMILES string of the molecule is c1ccc(-n2c3ccccc3c3cc(-c4ccc(N(c5ccc6c(c5)sc5ccccc56)c5ccccc5-c5cccc6ccccc56)cc4)ccc32)cc1. The van der Waals surface area contributed by atoms with Gasteiger partial charge in [0, 0.05) is 53.6 Å². The van der Waals surface area contributed by atoms with Crippen molar-refractivity contribution in [2.24, 2.45) is 0 Å². The molecule has 2 nitrogen and oxygen atoms in total. The summed E-state index contributed by atoms with van der Waals surface area (Å²) in [6.07, 6.45) is 0. The number of nitrogens with zero attached hydrogens (tertiary/aromatic N) is 2. The minimum absolute atomic E-state index is 1.11. The monoisotopic (exact) mass is 718 g/mol. The summed E-state index contributed by atoms with van der Waals surface area (Å²) in [4.78, 5) is 2.43. The molecule has 0 radical (unpaired) electrons. The molecule has 0 unspecified atom stereocenters. The van der Waals surface area contributed by atoms with Crippen molar-refractivity contribution in [3.63, 3.8) is 0 Å². The van der Waals surface area contributed by atoms with Crippen molar-refractivity contribution in [1.82, 2.24) is 4.57 Å². The fourth-order valence-electron chi connectivity index (χ4n) is 8.45. The molecule has 2 heterocycles. The highest BCUT2D eigenvalue weighted by molar-refractivity contribution is 7.25. The maximum Gasteiger partial charge on any atom is 0.0541 e. The van der Waals surface area contributed by atoms with Crippen LogP contribution in [0.4, 0.5) is 17.1 Å². The Balaban J connectivity index is 1.07. The highest BCUT2D eigenvalue weighted by Crippen LogP contribution is 2.45. The third-order valence-corrected chi connectivity index (χ3v) is 12.1. The van der Waals surface area contributed by atoms with E-state index in [1.54, 1.807) is 0 Å². The second-order valence-electron chi connectivity index (χ2n) is 14.1. The molecule has 0 saturated heterocycles. The molecular formula is C52H34N2S. The van der Waals surface area contributed by atoms with Crippen LogP contribution in [0.15, 0.2) is 206 Å². The van der Waals surface area contributed by atoms with Gasteiger partial charge in [0.25, 0.3) is 0 Å². The van der Waals surface area contributed by atoms with E-state index in [2.05, 4.69) is 216 Å². The molecule has 0 aliphatic heterocycles. The van der Waals surface area contributed by atoms with Crippen LogP contribution in [0.5, 0.6) is 0 Å². The fourth-order valence-corrected chi connectivity index (χ4v) is 9.59. The molecule has 0 saturated carbocycles.